The second kappa shape index (κ2) is 8.68. The summed E-state index contributed by atoms with van der Waals surface area (Å²) in [5.74, 6) is -0.362. The fraction of sp³-hybridized carbons (Fsp3) is 0.409. The third kappa shape index (κ3) is 4.63. The summed E-state index contributed by atoms with van der Waals surface area (Å²) in [6.07, 6.45) is -2.62. The van der Waals surface area contributed by atoms with Crippen molar-refractivity contribution >= 4 is 22.9 Å². The molecule has 0 bridgehead atoms. The first-order valence-corrected chi connectivity index (χ1v) is 10.3. The number of halogens is 3. The summed E-state index contributed by atoms with van der Waals surface area (Å²) in [5, 5.41) is 6.88. The van der Waals surface area contributed by atoms with Gasteiger partial charge >= 0.3 is 6.18 Å². The Morgan fingerprint density at radius 2 is 1.97 bits per heavy atom. The van der Waals surface area contributed by atoms with Gasteiger partial charge in [0.05, 0.1) is 16.8 Å². The number of nitrogens with two attached hydrogens (primary N) is 1. The molecule has 7 nitrogen and oxygen atoms in total. The Morgan fingerprint density at radius 3 is 2.59 bits per heavy atom. The molecule has 0 spiro atoms. The van der Waals surface area contributed by atoms with Crippen LogP contribution in [0.5, 0.6) is 0 Å². The third-order valence-corrected chi connectivity index (χ3v) is 5.29. The first-order chi connectivity index (χ1) is 15.0. The summed E-state index contributed by atoms with van der Waals surface area (Å²) in [6, 6.07) is 8.30. The zero-order chi connectivity index (χ0) is 23.7. The van der Waals surface area contributed by atoms with E-state index in [9.17, 15) is 18.0 Å². The van der Waals surface area contributed by atoms with Crippen molar-refractivity contribution in [3.05, 3.63) is 42.2 Å². The minimum Gasteiger partial charge on any atom is -0.382 e. The molecule has 3 aromatic rings. The first kappa shape index (κ1) is 23.4. The van der Waals surface area contributed by atoms with Crippen LogP contribution >= 0.6 is 0 Å². The Hall–Kier alpha value is -3.30. The first-order valence-electron chi connectivity index (χ1n) is 10.3. The van der Waals surface area contributed by atoms with Crippen LogP contribution in [0.2, 0.25) is 0 Å². The molecular formula is C22H27F3N6O. The number of hydrogen-bond acceptors (Lipinski definition) is 5. The minimum absolute atomic E-state index is 0.125. The van der Waals surface area contributed by atoms with Gasteiger partial charge < -0.3 is 16.0 Å². The average molecular weight is 448 g/mol. The number of hydrogen-bond donors (Lipinski definition) is 2. The molecule has 32 heavy (non-hydrogen) atoms. The molecule has 0 atom stereocenters. The van der Waals surface area contributed by atoms with Crippen LogP contribution in [0.4, 0.5) is 24.7 Å². The van der Waals surface area contributed by atoms with Crippen molar-refractivity contribution in [1.82, 2.24) is 19.9 Å². The van der Waals surface area contributed by atoms with Crippen LogP contribution in [0, 0.1) is 0 Å². The molecule has 10 heteroatoms. The van der Waals surface area contributed by atoms with Crippen LogP contribution in [0.3, 0.4) is 0 Å². The van der Waals surface area contributed by atoms with Gasteiger partial charge in [0.2, 0.25) is 5.91 Å². The largest absolute Gasteiger partial charge is 0.418 e. The van der Waals surface area contributed by atoms with Gasteiger partial charge in [0.25, 0.3) is 0 Å². The molecule has 2 heterocycles. The number of nitrogens with zero attached hydrogens (tertiary/aromatic N) is 4. The van der Waals surface area contributed by atoms with E-state index in [1.54, 1.807) is 12.1 Å². The zero-order valence-electron chi connectivity index (χ0n) is 18.5. The predicted molar refractivity (Wildman–Crippen MR) is 118 cm³/mol. The number of benzene rings is 1. The number of aromatic nitrogens is 3. The van der Waals surface area contributed by atoms with Crippen molar-refractivity contribution in [2.24, 2.45) is 0 Å². The fourth-order valence-corrected chi connectivity index (χ4v) is 3.76. The quantitative estimate of drug-likeness (QED) is 0.568. The van der Waals surface area contributed by atoms with Crippen LogP contribution < -0.4 is 16.0 Å². The molecular weight excluding hydrogens is 421 g/mol. The molecule has 0 aliphatic heterocycles. The van der Waals surface area contributed by atoms with E-state index in [2.05, 4.69) is 20.3 Å². The van der Waals surface area contributed by atoms with Gasteiger partial charge in [-0.2, -0.15) is 18.3 Å². The van der Waals surface area contributed by atoms with Crippen LogP contribution in [-0.4, -0.2) is 39.1 Å². The second-order valence-electron chi connectivity index (χ2n) is 8.27. The molecule has 0 unspecified atom stereocenters. The maximum absolute atomic E-state index is 13.7. The molecule has 172 valence electrons. The van der Waals surface area contributed by atoms with Gasteiger partial charge in [0.1, 0.15) is 11.8 Å². The molecule has 0 aliphatic carbocycles. The maximum Gasteiger partial charge on any atom is 0.418 e. The van der Waals surface area contributed by atoms with Crippen molar-refractivity contribution in [2.75, 3.05) is 23.7 Å². The Balaban J connectivity index is 2.12. The lowest BCUT2D eigenvalue weighted by molar-refractivity contribution is -0.136. The Morgan fingerprint density at radius 1 is 1.25 bits per heavy atom. The molecule has 0 saturated heterocycles. The number of nitrogens with one attached hydrogen (secondary N) is 1. The van der Waals surface area contributed by atoms with Gasteiger partial charge in [0, 0.05) is 31.3 Å². The predicted octanol–water partition coefficient (Wildman–Crippen LogP) is 4.13. The lowest BCUT2D eigenvalue weighted by Crippen LogP contribution is -2.52. The van der Waals surface area contributed by atoms with E-state index in [4.69, 9.17) is 5.73 Å². The zero-order valence-corrected chi connectivity index (χ0v) is 18.5. The van der Waals surface area contributed by atoms with Gasteiger partial charge in [-0.3, -0.25) is 4.79 Å². The number of alkyl halides is 3. The highest BCUT2D eigenvalue weighted by molar-refractivity contribution is 5.79. The van der Waals surface area contributed by atoms with E-state index < -0.39 is 17.3 Å². The molecule has 0 fully saturated rings. The average Bonchev–Trinajstić information content (AvgIpc) is 3.12. The standard InChI is InChI=1S/C22H27F3N6O/c1-5-9-30(21(3,4)12-27-14(2)32)16-8-6-7-15(10-16)18-11-17(22(23,24)25)19-20(26)28-13-29-31(18)19/h6-8,10-11,13H,5,9,12H2,1-4H3,(H,27,32)(H2,26,28,29). The summed E-state index contributed by atoms with van der Waals surface area (Å²) < 4.78 is 42.2. The maximum atomic E-state index is 13.7. The molecule has 0 saturated carbocycles. The van der Waals surface area contributed by atoms with E-state index in [0.29, 0.717) is 18.7 Å². The van der Waals surface area contributed by atoms with Crippen LogP contribution in [-0.2, 0) is 11.0 Å². The van der Waals surface area contributed by atoms with Gasteiger partial charge in [0.15, 0.2) is 5.82 Å². The minimum atomic E-state index is -4.60. The van der Waals surface area contributed by atoms with Gasteiger partial charge in [-0.1, -0.05) is 19.1 Å². The third-order valence-electron chi connectivity index (χ3n) is 5.29. The Labute approximate surface area is 184 Å². The van der Waals surface area contributed by atoms with E-state index in [0.717, 1.165) is 24.5 Å². The summed E-state index contributed by atoms with van der Waals surface area (Å²) in [5.41, 5.74) is 5.83. The normalized spacial score (nSPS) is 12.2. The number of fused-ring (bicyclic) bond motifs is 1. The monoisotopic (exact) mass is 448 g/mol. The molecule has 3 rings (SSSR count). The second-order valence-corrected chi connectivity index (χ2v) is 8.27. The van der Waals surface area contributed by atoms with Crippen LogP contribution in [0.15, 0.2) is 36.7 Å². The summed E-state index contributed by atoms with van der Waals surface area (Å²) >= 11 is 0. The number of nitrogen functional groups attached to an aromatic ring is 1. The van der Waals surface area contributed by atoms with Crippen molar-refractivity contribution in [1.29, 1.82) is 0 Å². The van der Waals surface area contributed by atoms with Gasteiger partial charge in [-0.15, -0.1) is 0 Å². The van der Waals surface area contributed by atoms with E-state index >= 15 is 0 Å². The van der Waals surface area contributed by atoms with E-state index in [1.807, 2.05) is 32.9 Å². The Bertz CT molecular complexity index is 1120. The molecule has 3 N–H and O–H groups in total. The number of rotatable bonds is 7. The molecule has 1 amide bonds. The van der Waals surface area contributed by atoms with Gasteiger partial charge in [-0.05, 0) is 38.5 Å². The SMILES string of the molecule is CCCN(c1cccc(-c2cc(C(F)(F)F)c3c(N)ncnn23)c1)C(C)(C)CNC(C)=O. The Kier molecular flexibility index (Phi) is 6.34. The van der Waals surface area contributed by atoms with Crippen molar-refractivity contribution < 1.29 is 18.0 Å². The molecule has 1 aromatic carbocycles. The van der Waals surface area contributed by atoms with E-state index in [1.165, 1.54) is 11.4 Å². The number of anilines is 2. The van der Waals surface area contributed by atoms with Gasteiger partial charge in [-0.25, -0.2) is 9.50 Å². The van der Waals surface area contributed by atoms with Crippen molar-refractivity contribution in [3.63, 3.8) is 0 Å². The summed E-state index contributed by atoms with van der Waals surface area (Å²) in [7, 11) is 0. The fourth-order valence-electron chi connectivity index (χ4n) is 3.76. The topological polar surface area (TPSA) is 88.6 Å². The highest BCUT2D eigenvalue weighted by Crippen LogP contribution is 2.39. The highest BCUT2D eigenvalue weighted by Gasteiger charge is 2.36. The van der Waals surface area contributed by atoms with Crippen molar-refractivity contribution in [2.45, 2.75) is 45.8 Å². The lowest BCUT2D eigenvalue weighted by Gasteiger charge is -2.40. The summed E-state index contributed by atoms with van der Waals surface area (Å²) in [6.45, 7) is 8.64. The molecule has 0 radical (unpaired) electrons. The smallest absolute Gasteiger partial charge is 0.382 e. The lowest BCUT2D eigenvalue weighted by atomic mass is 9.99. The molecule has 0 aliphatic rings. The number of carbonyl (C=O) groups excluding carboxylic acids is 1. The van der Waals surface area contributed by atoms with Crippen LogP contribution in [0.1, 0.15) is 39.7 Å². The van der Waals surface area contributed by atoms with Crippen LogP contribution in [0.25, 0.3) is 16.8 Å². The molecule has 2 aromatic heterocycles. The summed E-state index contributed by atoms with van der Waals surface area (Å²) in [4.78, 5) is 17.3. The highest BCUT2D eigenvalue weighted by atomic mass is 19.4. The van der Waals surface area contributed by atoms with E-state index in [-0.39, 0.29) is 22.9 Å². The van der Waals surface area contributed by atoms with Crippen molar-refractivity contribution in [3.8, 4) is 11.3 Å². The number of carbonyl (C=O) groups is 1. The number of amides is 1.